The van der Waals surface area contributed by atoms with Gasteiger partial charge in [0.25, 0.3) is 11.8 Å². The number of carbonyl (C=O) groups excluding carboxylic acids is 2. The molecule has 0 heterocycles. The summed E-state index contributed by atoms with van der Waals surface area (Å²) in [5.74, 6) is -0.201. The number of hydrogen-bond donors (Lipinski definition) is 2. The van der Waals surface area contributed by atoms with Crippen molar-refractivity contribution in [1.29, 1.82) is 0 Å². The fraction of sp³-hybridized carbons (Fsp3) is 0.429. The summed E-state index contributed by atoms with van der Waals surface area (Å²) in [7, 11) is 0. The van der Waals surface area contributed by atoms with Crippen LogP contribution in [0, 0.1) is 13.8 Å². The Labute approximate surface area is 118 Å². The van der Waals surface area contributed by atoms with Gasteiger partial charge in [-0.05, 0) is 32.4 Å². The number of carbonyl (C=O) groups is 2. The largest absolute Gasteiger partial charge is 0.483 e. The highest BCUT2D eigenvalue weighted by atomic mass is 16.5. The van der Waals surface area contributed by atoms with Gasteiger partial charge in [0.05, 0.1) is 0 Å². The molecule has 0 saturated heterocycles. The lowest BCUT2D eigenvalue weighted by Crippen LogP contribution is -2.45. The van der Waals surface area contributed by atoms with Crippen LogP contribution in [0.3, 0.4) is 0 Å². The Hall–Kier alpha value is -2.08. The van der Waals surface area contributed by atoms with E-state index in [1.807, 2.05) is 32.0 Å². The van der Waals surface area contributed by atoms with E-state index in [9.17, 15) is 9.59 Å². The van der Waals surface area contributed by atoms with Gasteiger partial charge in [0.15, 0.2) is 6.61 Å². The van der Waals surface area contributed by atoms with E-state index in [0.29, 0.717) is 12.4 Å². The summed E-state index contributed by atoms with van der Waals surface area (Å²) in [6, 6.07) is 5.69. The van der Waals surface area contributed by atoms with Crippen molar-refractivity contribution in [3.63, 3.8) is 0 Å². The van der Waals surface area contributed by atoms with Crippen molar-refractivity contribution in [3.8, 4) is 5.75 Å². The smallest absolute Gasteiger partial charge is 0.276 e. The molecule has 6 heteroatoms. The topological polar surface area (TPSA) is 76.7 Å². The Balaban J connectivity index is 2.31. The minimum atomic E-state index is -0.435. The number of amides is 2. The second-order valence-corrected chi connectivity index (χ2v) is 4.29. The third-order valence-corrected chi connectivity index (χ3v) is 2.47. The number of hydrogen-bond acceptors (Lipinski definition) is 4. The highest BCUT2D eigenvalue weighted by Gasteiger charge is 2.06. The van der Waals surface area contributed by atoms with Crippen molar-refractivity contribution < 1.29 is 19.1 Å². The molecule has 0 atom stereocenters. The molecule has 0 aromatic heterocycles. The molecule has 1 aromatic carbocycles. The molecule has 2 N–H and O–H groups in total. The van der Waals surface area contributed by atoms with Crippen molar-refractivity contribution in [1.82, 2.24) is 10.9 Å². The predicted molar refractivity (Wildman–Crippen MR) is 74.2 cm³/mol. The standard InChI is InChI=1S/C14H20N2O4/c1-4-19-8-13(17)15-16-14(18)9-20-12-6-5-10(2)7-11(12)3/h5-7H,4,8-9H2,1-3H3,(H,15,17)(H,16,18). The maximum atomic E-state index is 11.5. The zero-order valence-electron chi connectivity index (χ0n) is 12.0. The molecule has 110 valence electrons. The molecule has 0 spiro atoms. The van der Waals surface area contributed by atoms with Gasteiger partial charge >= 0.3 is 0 Å². The maximum Gasteiger partial charge on any atom is 0.276 e. The molecular weight excluding hydrogens is 260 g/mol. The molecule has 0 aliphatic heterocycles. The monoisotopic (exact) mass is 280 g/mol. The lowest BCUT2D eigenvalue weighted by molar-refractivity contribution is -0.132. The Morgan fingerprint density at radius 1 is 1.10 bits per heavy atom. The van der Waals surface area contributed by atoms with Crippen molar-refractivity contribution in [2.45, 2.75) is 20.8 Å². The van der Waals surface area contributed by atoms with Crippen molar-refractivity contribution in [3.05, 3.63) is 29.3 Å². The van der Waals surface area contributed by atoms with Gasteiger partial charge in [0, 0.05) is 6.61 Å². The zero-order chi connectivity index (χ0) is 15.0. The fourth-order valence-electron chi connectivity index (χ4n) is 1.51. The van der Waals surface area contributed by atoms with Gasteiger partial charge in [-0.15, -0.1) is 0 Å². The Morgan fingerprint density at radius 3 is 2.35 bits per heavy atom. The average molecular weight is 280 g/mol. The van der Waals surface area contributed by atoms with E-state index in [1.54, 1.807) is 6.92 Å². The van der Waals surface area contributed by atoms with Gasteiger partial charge in [0.2, 0.25) is 0 Å². The molecule has 2 amide bonds. The van der Waals surface area contributed by atoms with E-state index in [1.165, 1.54) is 0 Å². The SMILES string of the molecule is CCOCC(=O)NNC(=O)COc1ccc(C)cc1C. The molecule has 0 unspecified atom stereocenters. The van der Waals surface area contributed by atoms with Gasteiger partial charge in [0.1, 0.15) is 12.4 Å². The van der Waals surface area contributed by atoms with E-state index in [4.69, 9.17) is 9.47 Å². The van der Waals surface area contributed by atoms with E-state index in [2.05, 4.69) is 10.9 Å². The Morgan fingerprint density at radius 2 is 1.75 bits per heavy atom. The molecule has 1 rings (SSSR count). The van der Waals surface area contributed by atoms with E-state index in [0.717, 1.165) is 11.1 Å². The minimum Gasteiger partial charge on any atom is -0.483 e. The van der Waals surface area contributed by atoms with Gasteiger partial charge in [-0.3, -0.25) is 20.4 Å². The number of hydrazine groups is 1. The second kappa shape index (κ2) is 8.16. The highest BCUT2D eigenvalue weighted by Crippen LogP contribution is 2.18. The summed E-state index contributed by atoms with van der Waals surface area (Å²) in [6.45, 7) is 5.86. The molecule has 0 aliphatic carbocycles. The van der Waals surface area contributed by atoms with Crippen molar-refractivity contribution in [2.24, 2.45) is 0 Å². The van der Waals surface area contributed by atoms with Crippen LogP contribution in [0.25, 0.3) is 0 Å². The molecule has 20 heavy (non-hydrogen) atoms. The number of aryl methyl sites for hydroxylation is 2. The molecular formula is C14H20N2O4. The van der Waals surface area contributed by atoms with Crippen LogP contribution in [0.5, 0.6) is 5.75 Å². The summed E-state index contributed by atoms with van der Waals surface area (Å²) in [5, 5.41) is 0. The van der Waals surface area contributed by atoms with Crippen LogP contribution >= 0.6 is 0 Å². The summed E-state index contributed by atoms with van der Waals surface area (Å²) in [5.41, 5.74) is 6.57. The predicted octanol–water partition coefficient (Wildman–Crippen LogP) is 0.866. The lowest BCUT2D eigenvalue weighted by atomic mass is 10.1. The van der Waals surface area contributed by atoms with E-state index >= 15 is 0 Å². The third kappa shape index (κ3) is 5.71. The molecule has 0 bridgehead atoms. The van der Waals surface area contributed by atoms with Gasteiger partial charge in [-0.25, -0.2) is 0 Å². The van der Waals surface area contributed by atoms with Crippen LogP contribution in [0.2, 0.25) is 0 Å². The molecule has 6 nitrogen and oxygen atoms in total. The molecule has 0 fully saturated rings. The van der Waals surface area contributed by atoms with E-state index < -0.39 is 11.8 Å². The first kappa shape index (κ1) is 16.0. The van der Waals surface area contributed by atoms with Crippen LogP contribution in [0.1, 0.15) is 18.1 Å². The van der Waals surface area contributed by atoms with Gasteiger partial charge < -0.3 is 9.47 Å². The number of nitrogens with one attached hydrogen (secondary N) is 2. The van der Waals surface area contributed by atoms with Crippen molar-refractivity contribution >= 4 is 11.8 Å². The van der Waals surface area contributed by atoms with E-state index in [-0.39, 0.29) is 13.2 Å². The van der Waals surface area contributed by atoms with Crippen LogP contribution in [-0.2, 0) is 14.3 Å². The summed E-state index contributed by atoms with van der Waals surface area (Å²) >= 11 is 0. The summed E-state index contributed by atoms with van der Waals surface area (Å²) in [4.78, 5) is 22.7. The Bertz CT molecular complexity index is 474. The van der Waals surface area contributed by atoms with Crippen LogP contribution in [0.15, 0.2) is 18.2 Å². The second-order valence-electron chi connectivity index (χ2n) is 4.29. The van der Waals surface area contributed by atoms with Crippen LogP contribution < -0.4 is 15.6 Å². The summed E-state index contributed by atoms with van der Waals surface area (Å²) < 4.78 is 10.3. The average Bonchev–Trinajstić information content (AvgIpc) is 2.41. The maximum absolute atomic E-state index is 11.5. The van der Waals surface area contributed by atoms with Gasteiger partial charge in [-0.2, -0.15) is 0 Å². The number of benzene rings is 1. The first-order chi connectivity index (χ1) is 9.52. The van der Waals surface area contributed by atoms with Gasteiger partial charge in [-0.1, -0.05) is 17.7 Å². The molecule has 1 aromatic rings. The quantitative estimate of drug-likeness (QED) is 0.758. The first-order valence-corrected chi connectivity index (χ1v) is 6.38. The highest BCUT2D eigenvalue weighted by molar-refractivity contribution is 5.83. The Kier molecular flexibility index (Phi) is 6.52. The third-order valence-electron chi connectivity index (χ3n) is 2.47. The molecule has 0 aliphatic rings. The number of rotatable bonds is 6. The first-order valence-electron chi connectivity index (χ1n) is 6.38. The van der Waals surface area contributed by atoms with Crippen LogP contribution in [0.4, 0.5) is 0 Å². The summed E-state index contributed by atoms with van der Waals surface area (Å²) in [6.07, 6.45) is 0. The van der Waals surface area contributed by atoms with Crippen LogP contribution in [-0.4, -0.2) is 31.6 Å². The van der Waals surface area contributed by atoms with Crippen molar-refractivity contribution in [2.75, 3.05) is 19.8 Å². The fourth-order valence-corrected chi connectivity index (χ4v) is 1.51. The molecule has 0 radical (unpaired) electrons. The lowest BCUT2D eigenvalue weighted by Gasteiger charge is -2.10. The minimum absolute atomic E-state index is 0.0886. The number of ether oxygens (including phenoxy) is 2. The normalized spacial score (nSPS) is 9.95. The molecule has 0 saturated carbocycles. The zero-order valence-corrected chi connectivity index (χ0v) is 12.0.